The fourth-order valence-electron chi connectivity index (χ4n) is 4.81. The SMILES string of the molecule is CCCCO[C@H](C)[C@@H](CC1C/C(=C\C(=O)OC)[C@H](OC(C)=O)[C@](O)(C(C)(C)/C=C/C(=O)OCCCOCC[C@@H](O)CC(=O)O)O1)OP. The maximum Gasteiger partial charge on any atom is 0.330 e. The maximum absolute atomic E-state index is 12.5. The van der Waals surface area contributed by atoms with Gasteiger partial charge in [-0.2, -0.15) is 0 Å². The van der Waals surface area contributed by atoms with Crippen molar-refractivity contribution in [2.24, 2.45) is 5.41 Å². The molecule has 1 saturated heterocycles. The van der Waals surface area contributed by atoms with Crippen LogP contribution in [0.1, 0.15) is 79.6 Å². The normalized spacial score (nSPS) is 22.9. The second kappa shape index (κ2) is 21.5. The molecule has 0 spiro atoms. The molecule has 0 aromatic carbocycles. The largest absolute Gasteiger partial charge is 0.481 e. The summed E-state index contributed by atoms with van der Waals surface area (Å²) in [5.41, 5.74) is -1.13. The number of carbonyl (C=O) groups is 4. The minimum absolute atomic E-state index is 0.0150. The summed E-state index contributed by atoms with van der Waals surface area (Å²) in [4.78, 5) is 47.7. The monoisotopic (exact) mass is 692 g/mol. The molecule has 1 aliphatic rings. The van der Waals surface area contributed by atoms with Crippen molar-refractivity contribution in [2.45, 2.75) is 116 Å². The molecule has 1 rings (SSSR count). The van der Waals surface area contributed by atoms with E-state index in [1.54, 1.807) is 13.8 Å². The van der Waals surface area contributed by atoms with Gasteiger partial charge >= 0.3 is 23.9 Å². The van der Waals surface area contributed by atoms with Gasteiger partial charge in [-0.05, 0) is 31.8 Å². The standard InChI is InChI=1S/C32H53O14P/c1-7-8-14-42-21(2)26(46-47)20-25-17-23(18-29(38)40-6)30(44-22(3)33)32(39,45-25)31(4,5)12-10-28(37)43-15-9-13-41-16-11-24(34)19-27(35)36/h10,12,18,21,24-26,30,34,39H,7-9,11,13-17,19-20,47H2,1-6H3,(H,35,36)/b12-10+,23-18+/t21-,24-,25?,26-,30+,32-/m1/s1. The first-order chi connectivity index (χ1) is 22.1. The Morgan fingerprint density at radius 1 is 1.13 bits per heavy atom. The Hall–Kier alpha value is -2.45. The van der Waals surface area contributed by atoms with Crippen molar-refractivity contribution >= 4 is 33.3 Å². The van der Waals surface area contributed by atoms with Gasteiger partial charge in [-0.15, -0.1) is 0 Å². The van der Waals surface area contributed by atoms with Crippen LogP contribution in [0.5, 0.6) is 0 Å². The summed E-state index contributed by atoms with van der Waals surface area (Å²) in [6, 6.07) is 0. The van der Waals surface area contributed by atoms with Gasteiger partial charge in [0.15, 0.2) is 6.10 Å². The van der Waals surface area contributed by atoms with E-state index in [1.807, 2.05) is 6.92 Å². The predicted molar refractivity (Wildman–Crippen MR) is 172 cm³/mol. The lowest BCUT2D eigenvalue weighted by Crippen LogP contribution is -2.62. The molecule has 14 nitrogen and oxygen atoms in total. The zero-order valence-electron chi connectivity index (χ0n) is 28.3. The maximum atomic E-state index is 12.5. The molecule has 0 aromatic heterocycles. The Bertz CT molecular complexity index is 1060. The molecule has 1 fully saturated rings. The van der Waals surface area contributed by atoms with E-state index in [2.05, 4.69) is 16.4 Å². The Morgan fingerprint density at radius 3 is 2.43 bits per heavy atom. The molecule has 15 heteroatoms. The topological polar surface area (TPSA) is 194 Å². The molecule has 0 saturated carbocycles. The summed E-state index contributed by atoms with van der Waals surface area (Å²) in [7, 11) is 3.42. The first-order valence-corrected chi connectivity index (χ1v) is 16.2. The number of carbonyl (C=O) groups excluding carboxylic acids is 3. The third kappa shape index (κ3) is 15.1. The number of rotatable bonds is 22. The fraction of sp³-hybridized carbons (Fsp3) is 0.750. The van der Waals surface area contributed by atoms with Gasteiger partial charge in [0.1, 0.15) is 0 Å². The Labute approximate surface area is 279 Å². The van der Waals surface area contributed by atoms with Crippen molar-refractivity contribution in [3.63, 3.8) is 0 Å². The summed E-state index contributed by atoms with van der Waals surface area (Å²) in [5, 5.41) is 30.4. The summed E-state index contributed by atoms with van der Waals surface area (Å²) >= 11 is 0. The van der Waals surface area contributed by atoms with Crippen molar-refractivity contribution in [3.05, 3.63) is 23.8 Å². The van der Waals surface area contributed by atoms with Crippen LogP contribution < -0.4 is 0 Å². The van der Waals surface area contributed by atoms with Crippen molar-refractivity contribution in [2.75, 3.05) is 33.5 Å². The predicted octanol–water partition coefficient (Wildman–Crippen LogP) is 3.02. The Kier molecular flexibility index (Phi) is 19.5. The van der Waals surface area contributed by atoms with Crippen LogP contribution in [0.3, 0.4) is 0 Å². The summed E-state index contributed by atoms with van der Waals surface area (Å²) in [5.74, 6) is -5.51. The second-order valence-electron chi connectivity index (χ2n) is 11.9. The van der Waals surface area contributed by atoms with Gasteiger partial charge in [0.05, 0.1) is 44.6 Å². The molecule has 1 heterocycles. The number of hydrogen-bond acceptors (Lipinski definition) is 13. The van der Waals surface area contributed by atoms with Crippen LogP contribution in [-0.4, -0.2) is 109 Å². The second-order valence-corrected chi connectivity index (χ2v) is 12.2. The molecule has 3 N–H and O–H groups in total. The molecule has 47 heavy (non-hydrogen) atoms. The van der Waals surface area contributed by atoms with E-state index in [9.17, 15) is 29.4 Å². The van der Waals surface area contributed by atoms with Gasteiger partial charge < -0.3 is 48.3 Å². The summed E-state index contributed by atoms with van der Waals surface area (Å²) in [6.07, 6.45) is 2.05. The smallest absolute Gasteiger partial charge is 0.330 e. The number of aliphatic hydroxyl groups excluding tert-OH is 1. The van der Waals surface area contributed by atoms with Crippen LogP contribution in [-0.2, 0) is 52.1 Å². The highest BCUT2D eigenvalue weighted by Gasteiger charge is 2.57. The zero-order valence-corrected chi connectivity index (χ0v) is 29.5. The van der Waals surface area contributed by atoms with E-state index >= 15 is 0 Å². The average Bonchev–Trinajstić information content (AvgIpc) is 2.99. The number of methoxy groups -OCH3 is 1. The number of aliphatic hydroxyl groups is 2. The molecular weight excluding hydrogens is 639 g/mol. The van der Waals surface area contributed by atoms with E-state index in [4.69, 9.17) is 38.1 Å². The van der Waals surface area contributed by atoms with E-state index in [0.717, 1.165) is 31.9 Å². The summed E-state index contributed by atoms with van der Waals surface area (Å²) in [6.45, 7) is 9.18. The molecule has 7 atom stereocenters. The van der Waals surface area contributed by atoms with Crippen molar-refractivity contribution < 1.29 is 67.4 Å². The molecular formula is C32H53O14P. The van der Waals surface area contributed by atoms with Crippen LogP contribution >= 0.6 is 9.47 Å². The molecule has 0 aliphatic carbocycles. The van der Waals surface area contributed by atoms with Gasteiger partial charge in [0, 0.05) is 66.6 Å². The van der Waals surface area contributed by atoms with E-state index in [-0.39, 0.29) is 57.2 Å². The van der Waals surface area contributed by atoms with Crippen molar-refractivity contribution in [3.8, 4) is 0 Å². The number of ether oxygens (including phenoxy) is 6. The van der Waals surface area contributed by atoms with Gasteiger partial charge in [-0.3, -0.25) is 9.59 Å². The highest BCUT2D eigenvalue weighted by atomic mass is 31.0. The van der Waals surface area contributed by atoms with Gasteiger partial charge in [-0.25, -0.2) is 9.59 Å². The number of hydrogen-bond donors (Lipinski definition) is 3. The molecule has 270 valence electrons. The van der Waals surface area contributed by atoms with Crippen LogP contribution in [0.4, 0.5) is 0 Å². The lowest BCUT2D eigenvalue weighted by molar-refractivity contribution is -0.327. The molecule has 1 aliphatic heterocycles. The third-order valence-electron chi connectivity index (χ3n) is 7.60. The first-order valence-electron chi connectivity index (χ1n) is 15.8. The van der Waals surface area contributed by atoms with Crippen LogP contribution in [0, 0.1) is 5.41 Å². The number of carboxylic acids is 1. The minimum Gasteiger partial charge on any atom is -0.481 e. The average molecular weight is 693 g/mol. The lowest BCUT2D eigenvalue weighted by atomic mass is 9.74. The molecule has 2 unspecified atom stereocenters. The number of esters is 3. The van der Waals surface area contributed by atoms with E-state index in [0.29, 0.717) is 13.0 Å². The Balaban J connectivity index is 3.09. The molecule has 0 radical (unpaired) electrons. The van der Waals surface area contributed by atoms with Crippen molar-refractivity contribution in [1.82, 2.24) is 0 Å². The highest BCUT2D eigenvalue weighted by molar-refractivity contribution is 7.09. The molecule has 0 bridgehead atoms. The molecule has 0 amide bonds. The highest BCUT2D eigenvalue weighted by Crippen LogP contribution is 2.46. The number of carboxylic acid groups (broad SMARTS) is 1. The van der Waals surface area contributed by atoms with Crippen LogP contribution in [0.15, 0.2) is 23.8 Å². The van der Waals surface area contributed by atoms with Gasteiger partial charge in [0.2, 0.25) is 5.79 Å². The van der Waals surface area contributed by atoms with Gasteiger partial charge in [0.25, 0.3) is 0 Å². The van der Waals surface area contributed by atoms with E-state index < -0.39 is 59.5 Å². The van der Waals surface area contributed by atoms with Gasteiger partial charge in [-0.1, -0.05) is 33.3 Å². The summed E-state index contributed by atoms with van der Waals surface area (Å²) < 4.78 is 38.7. The quantitative estimate of drug-likeness (QED) is 0.0493. The van der Waals surface area contributed by atoms with Crippen LogP contribution in [0.2, 0.25) is 0 Å². The lowest BCUT2D eigenvalue weighted by Gasteiger charge is -2.50. The molecule has 0 aromatic rings. The van der Waals surface area contributed by atoms with E-state index in [1.165, 1.54) is 13.2 Å². The van der Waals surface area contributed by atoms with Crippen molar-refractivity contribution in [1.29, 1.82) is 0 Å². The van der Waals surface area contributed by atoms with Crippen LogP contribution in [0.25, 0.3) is 0 Å². The fourth-order valence-corrected chi connectivity index (χ4v) is 5.14. The number of aliphatic carboxylic acids is 1. The number of unbranched alkanes of at least 4 members (excludes halogenated alkanes) is 1. The minimum atomic E-state index is -2.25. The zero-order chi connectivity index (χ0) is 35.6. The Morgan fingerprint density at radius 2 is 1.83 bits per heavy atom. The first kappa shape index (κ1) is 42.6. The third-order valence-corrected chi connectivity index (χ3v) is 7.95.